The second kappa shape index (κ2) is 4.56. The van der Waals surface area contributed by atoms with E-state index in [2.05, 4.69) is 36.1 Å². The van der Waals surface area contributed by atoms with Crippen molar-refractivity contribution < 1.29 is 9.90 Å². The van der Waals surface area contributed by atoms with Crippen LogP contribution in [0, 0.1) is 12.8 Å². The third-order valence-electron chi connectivity index (χ3n) is 3.17. The van der Waals surface area contributed by atoms with E-state index >= 15 is 0 Å². The highest BCUT2D eigenvalue weighted by Crippen LogP contribution is 2.23. The van der Waals surface area contributed by atoms with E-state index in [4.69, 9.17) is 5.11 Å². The maximum absolute atomic E-state index is 11.0. The zero-order chi connectivity index (χ0) is 11.5. The van der Waals surface area contributed by atoms with E-state index in [1.54, 1.807) is 0 Å². The van der Waals surface area contributed by atoms with Crippen molar-refractivity contribution in [2.24, 2.45) is 5.92 Å². The molecule has 0 amide bonds. The Morgan fingerprint density at radius 3 is 2.69 bits per heavy atom. The highest BCUT2D eigenvalue weighted by Gasteiger charge is 2.25. The van der Waals surface area contributed by atoms with Crippen LogP contribution in [0.1, 0.15) is 18.4 Å². The minimum absolute atomic E-state index is 0.213. The summed E-state index contributed by atoms with van der Waals surface area (Å²) in [5.41, 5.74) is 2.37. The monoisotopic (exact) mass is 219 g/mol. The van der Waals surface area contributed by atoms with Gasteiger partial charge in [0, 0.05) is 18.8 Å². The van der Waals surface area contributed by atoms with Crippen LogP contribution in [0.5, 0.6) is 0 Å². The standard InChI is InChI=1S/C13H17NO2/c1-10-4-6-12(7-5-10)14-8-2-3-11(9-14)13(15)16/h4-7,11H,2-3,8-9H2,1H3,(H,15,16). The summed E-state index contributed by atoms with van der Waals surface area (Å²) in [7, 11) is 0. The number of carboxylic acids is 1. The van der Waals surface area contributed by atoms with Gasteiger partial charge in [0.05, 0.1) is 5.92 Å². The second-order valence-corrected chi connectivity index (χ2v) is 4.46. The molecule has 3 nitrogen and oxygen atoms in total. The number of carboxylic acid groups (broad SMARTS) is 1. The fraction of sp³-hybridized carbons (Fsp3) is 0.462. The van der Waals surface area contributed by atoms with Crippen LogP contribution >= 0.6 is 0 Å². The Morgan fingerprint density at radius 2 is 2.06 bits per heavy atom. The highest BCUT2D eigenvalue weighted by atomic mass is 16.4. The van der Waals surface area contributed by atoms with Gasteiger partial charge < -0.3 is 10.0 Å². The number of aryl methyl sites for hydroxylation is 1. The number of hydrogen-bond acceptors (Lipinski definition) is 2. The van der Waals surface area contributed by atoms with Gasteiger partial charge in [-0.05, 0) is 31.9 Å². The number of piperidine rings is 1. The molecule has 2 rings (SSSR count). The zero-order valence-corrected chi connectivity index (χ0v) is 9.52. The van der Waals surface area contributed by atoms with Crippen molar-refractivity contribution in [1.82, 2.24) is 0 Å². The third-order valence-corrected chi connectivity index (χ3v) is 3.17. The molecule has 1 aromatic rings. The number of hydrogen-bond donors (Lipinski definition) is 1. The van der Waals surface area contributed by atoms with E-state index < -0.39 is 5.97 Å². The van der Waals surface area contributed by atoms with Crippen molar-refractivity contribution in [2.75, 3.05) is 18.0 Å². The molecule has 0 spiro atoms. The molecule has 0 bridgehead atoms. The SMILES string of the molecule is Cc1ccc(N2CCCC(C(=O)O)C2)cc1. The summed E-state index contributed by atoms with van der Waals surface area (Å²) < 4.78 is 0. The van der Waals surface area contributed by atoms with Crippen LogP contribution < -0.4 is 4.90 Å². The van der Waals surface area contributed by atoms with Gasteiger partial charge in [-0.2, -0.15) is 0 Å². The normalized spacial score (nSPS) is 20.8. The summed E-state index contributed by atoms with van der Waals surface area (Å²) in [6.07, 6.45) is 1.77. The Morgan fingerprint density at radius 1 is 1.38 bits per heavy atom. The molecule has 0 saturated carbocycles. The van der Waals surface area contributed by atoms with Crippen molar-refractivity contribution in [2.45, 2.75) is 19.8 Å². The average molecular weight is 219 g/mol. The van der Waals surface area contributed by atoms with Gasteiger partial charge in [-0.25, -0.2) is 0 Å². The van der Waals surface area contributed by atoms with Gasteiger partial charge in [-0.1, -0.05) is 17.7 Å². The van der Waals surface area contributed by atoms with E-state index in [9.17, 15) is 4.79 Å². The molecule has 0 aliphatic carbocycles. The molecule has 1 aliphatic rings. The third kappa shape index (κ3) is 2.35. The lowest BCUT2D eigenvalue weighted by Crippen LogP contribution is -2.38. The lowest BCUT2D eigenvalue weighted by molar-refractivity contribution is -0.141. The molecule has 1 saturated heterocycles. The van der Waals surface area contributed by atoms with Crippen LogP contribution in [-0.4, -0.2) is 24.2 Å². The van der Waals surface area contributed by atoms with Crippen molar-refractivity contribution in [3.63, 3.8) is 0 Å². The van der Waals surface area contributed by atoms with E-state index in [0.717, 1.165) is 25.1 Å². The lowest BCUT2D eigenvalue weighted by atomic mass is 9.98. The van der Waals surface area contributed by atoms with E-state index in [-0.39, 0.29) is 5.92 Å². The minimum atomic E-state index is -0.670. The van der Waals surface area contributed by atoms with Gasteiger partial charge in [0.15, 0.2) is 0 Å². The summed E-state index contributed by atoms with van der Waals surface area (Å²) in [6.45, 7) is 3.66. The molecule has 1 unspecified atom stereocenters. The number of nitrogens with zero attached hydrogens (tertiary/aromatic N) is 1. The Labute approximate surface area is 95.7 Å². The van der Waals surface area contributed by atoms with Crippen molar-refractivity contribution in [3.8, 4) is 0 Å². The summed E-state index contributed by atoms with van der Waals surface area (Å²) in [4.78, 5) is 13.1. The molecule has 1 N–H and O–H groups in total. The van der Waals surface area contributed by atoms with Crippen LogP contribution in [0.4, 0.5) is 5.69 Å². The summed E-state index contributed by atoms with van der Waals surface area (Å²) in [6, 6.07) is 8.28. The molecule has 0 aromatic heterocycles. The van der Waals surface area contributed by atoms with E-state index in [1.807, 2.05) is 0 Å². The molecule has 86 valence electrons. The Balaban J connectivity index is 2.09. The number of aliphatic carboxylic acids is 1. The first-order valence-corrected chi connectivity index (χ1v) is 5.71. The van der Waals surface area contributed by atoms with Gasteiger partial charge >= 0.3 is 5.97 Å². The van der Waals surface area contributed by atoms with E-state index in [0.29, 0.717) is 6.54 Å². The van der Waals surface area contributed by atoms with Crippen LogP contribution in [0.3, 0.4) is 0 Å². The fourth-order valence-corrected chi connectivity index (χ4v) is 2.17. The number of anilines is 1. The Bertz CT molecular complexity index is 372. The van der Waals surface area contributed by atoms with E-state index in [1.165, 1.54) is 5.56 Å². The zero-order valence-electron chi connectivity index (χ0n) is 9.52. The van der Waals surface area contributed by atoms with Gasteiger partial charge in [-0.3, -0.25) is 4.79 Å². The van der Waals surface area contributed by atoms with Crippen LogP contribution in [-0.2, 0) is 4.79 Å². The summed E-state index contributed by atoms with van der Waals surface area (Å²) in [5, 5.41) is 9.02. The molecular weight excluding hydrogens is 202 g/mol. The number of benzene rings is 1. The highest BCUT2D eigenvalue weighted by molar-refractivity contribution is 5.71. The lowest BCUT2D eigenvalue weighted by Gasteiger charge is -2.32. The van der Waals surface area contributed by atoms with Crippen LogP contribution in [0.2, 0.25) is 0 Å². The summed E-state index contributed by atoms with van der Waals surface area (Å²) in [5.74, 6) is -0.883. The maximum atomic E-state index is 11.0. The molecule has 3 heteroatoms. The average Bonchev–Trinajstić information content (AvgIpc) is 2.30. The van der Waals surface area contributed by atoms with Crippen LogP contribution in [0.25, 0.3) is 0 Å². The molecule has 1 atom stereocenters. The minimum Gasteiger partial charge on any atom is -0.481 e. The maximum Gasteiger partial charge on any atom is 0.308 e. The van der Waals surface area contributed by atoms with Gasteiger partial charge in [0.25, 0.3) is 0 Å². The smallest absolute Gasteiger partial charge is 0.308 e. The summed E-state index contributed by atoms with van der Waals surface area (Å²) >= 11 is 0. The predicted octanol–water partition coefficient (Wildman–Crippen LogP) is 2.30. The van der Waals surface area contributed by atoms with Crippen molar-refractivity contribution >= 4 is 11.7 Å². The Kier molecular flexibility index (Phi) is 3.13. The van der Waals surface area contributed by atoms with Gasteiger partial charge in [0.2, 0.25) is 0 Å². The fourth-order valence-electron chi connectivity index (χ4n) is 2.17. The molecule has 16 heavy (non-hydrogen) atoms. The molecule has 0 radical (unpaired) electrons. The largest absolute Gasteiger partial charge is 0.481 e. The topological polar surface area (TPSA) is 40.5 Å². The molecule has 1 fully saturated rings. The number of rotatable bonds is 2. The van der Waals surface area contributed by atoms with Gasteiger partial charge in [0.1, 0.15) is 0 Å². The first-order chi connectivity index (χ1) is 7.66. The predicted molar refractivity (Wildman–Crippen MR) is 63.8 cm³/mol. The molecule has 1 heterocycles. The molecule has 1 aromatic carbocycles. The molecule has 1 aliphatic heterocycles. The van der Waals surface area contributed by atoms with Crippen LogP contribution in [0.15, 0.2) is 24.3 Å². The first kappa shape index (κ1) is 11.0. The quantitative estimate of drug-likeness (QED) is 0.829. The van der Waals surface area contributed by atoms with Crippen molar-refractivity contribution in [1.29, 1.82) is 0 Å². The van der Waals surface area contributed by atoms with Crippen molar-refractivity contribution in [3.05, 3.63) is 29.8 Å². The second-order valence-electron chi connectivity index (χ2n) is 4.46. The number of carbonyl (C=O) groups is 1. The Hall–Kier alpha value is -1.51. The first-order valence-electron chi connectivity index (χ1n) is 5.71. The molecular formula is C13H17NO2. The van der Waals surface area contributed by atoms with Gasteiger partial charge in [-0.15, -0.1) is 0 Å².